The fraction of sp³-hybridized carbons (Fsp3) is 0.471. The van der Waals surface area contributed by atoms with Crippen molar-refractivity contribution in [1.82, 2.24) is 10.2 Å². The number of nitrogens with zero attached hydrogens (tertiary/aromatic N) is 2. The van der Waals surface area contributed by atoms with E-state index in [0.29, 0.717) is 5.92 Å². The Labute approximate surface area is 139 Å². The summed E-state index contributed by atoms with van der Waals surface area (Å²) in [6.07, 6.45) is 2.46. The average molecular weight is 332 g/mol. The standard InChI is InChI=1S/C17H20N2OS2/c1-9-7-11(3)14(8-10(9)2)15(20)12(4)21-17-19-18-16(22-17)13-5-6-13/h7-8,12-13H,5-6H2,1-4H3/t12-/m1/s1. The Hall–Kier alpha value is -1.20. The molecule has 0 spiro atoms. The van der Waals surface area contributed by atoms with E-state index in [1.165, 1.54) is 30.2 Å². The van der Waals surface area contributed by atoms with Crippen LogP contribution in [0, 0.1) is 20.8 Å². The number of carbonyl (C=O) groups excluding carboxylic acids is 1. The van der Waals surface area contributed by atoms with Gasteiger partial charge in [-0.05, 0) is 63.3 Å². The maximum absolute atomic E-state index is 12.7. The second kappa shape index (κ2) is 6.13. The molecule has 3 rings (SSSR count). The van der Waals surface area contributed by atoms with Gasteiger partial charge < -0.3 is 0 Å². The molecule has 116 valence electrons. The maximum Gasteiger partial charge on any atom is 0.176 e. The minimum Gasteiger partial charge on any atom is -0.293 e. The first-order chi connectivity index (χ1) is 10.5. The maximum atomic E-state index is 12.7. The lowest BCUT2D eigenvalue weighted by molar-refractivity contribution is 0.0993. The van der Waals surface area contributed by atoms with Crippen LogP contribution in [0.5, 0.6) is 0 Å². The van der Waals surface area contributed by atoms with Gasteiger partial charge in [-0.2, -0.15) is 0 Å². The number of benzene rings is 1. The molecule has 1 atom stereocenters. The number of aryl methyl sites for hydroxylation is 3. The van der Waals surface area contributed by atoms with Gasteiger partial charge in [0.15, 0.2) is 10.1 Å². The predicted molar refractivity (Wildman–Crippen MR) is 92.2 cm³/mol. The molecule has 0 unspecified atom stereocenters. The van der Waals surface area contributed by atoms with Crippen molar-refractivity contribution in [2.24, 2.45) is 0 Å². The number of aromatic nitrogens is 2. The molecule has 1 aromatic carbocycles. The molecular weight excluding hydrogens is 312 g/mol. The zero-order chi connectivity index (χ0) is 15.9. The van der Waals surface area contributed by atoms with Crippen molar-refractivity contribution >= 4 is 28.9 Å². The van der Waals surface area contributed by atoms with Gasteiger partial charge in [-0.25, -0.2) is 0 Å². The smallest absolute Gasteiger partial charge is 0.176 e. The van der Waals surface area contributed by atoms with Gasteiger partial charge in [-0.1, -0.05) is 29.2 Å². The normalized spacial score (nSPS) is 15.8. The van der Waals surface area contributed by atoms with Crippen molar-refractivity contribution in [3.05, 3.63) is 39.4 Å². The highest BCUT2D eigenvalue weighted by Gasteiger charge is 2.28. The SMILES string of the molecule is Cc1cc(C)c(C(=O)[C@@H](C)Sc2nnc(C3CC3)s2)cc1C. The molecule has 2 aromatic rings. The Morgan fingerprint density at radius 3 is 2.55 bits per heavy atom. The molecule has 1 aliphatic carbocycles. The number of hydrogen-bond donors (Lipinski definition) is 0. The van der Waals surface area contributed by atoms with Crippen LogP contribution in [0.2, 0.25) is 0 Å². The van der Waals surface area contributed by atoms with E-state index in [-0.39, 0.29) is 11.0 Å². The first kappa shape index (κ1) is 15.7. The minimum absolute atomic E-state index is 0.138. The summed E-state index contributed by atoms with van der Waals surface area (Å²) in [5, 5.41) is 9.46. The van der Waals surface area contributed by atoms with Crippen LogP contribution >= 0.6 is 23.1 Å². The Kier molecular flexibility index (Phi) is 4.37. The van der Waals surface area contributed by atoms with Gasteiger partial charge >= 0.3 is 0 Å². The van der Waals surface area contributed by atoms with Crippen molar-refractivity contribution < 1.29 is 4.79 Å². The number of Topliss-reactive ketones (excluding diaryl/α,β-unsaturated/α-hetero) is 1. The predicted octanol–water partition coefficient (Wildman–Crippen LogP) is 4.70. The van der Waals surface area contributed by atoms with Gasteiger partial charge in [0.05, 0.1) is 5.25 Å². The Morgan fingerprint density at radius 1 is 1.18 bits per heavy atom. The molecule has 1 heterocycles. The van der Waals surface area contributed by atoms with Crippen LogP contribution in [0.4, 0.5) is 0 Å². The lowest BCUT2D eigenvalue weighted by Gasteiger charge is -2.12. The summed E-state index contributed by atoms with van der Waals surface area (Å²) in [6, 6.07) is 4.11. The zero-order valence-corrected chi connectivity index (χ0v) is 15.0. The first-order valence-electron chi connectivity index (χ1n) is 7.58. The third-order valence-corrected chi connectivity index (χ3v) is 6.37. The van der Waals surface area contributed by atoms with Crippen LogP contribution in [-0.4, -0.2) is 21.2 Å². The molecule has 0 amide bonds. The summed E-state index contributed by atoms with van der Waals surface area (Å²) in [4.78, 5) is 12.7. The Balaban J connectivity index is 1.74. The van der Waals surface area contributed by atoms with Crippen molar-refractivity contribution in [2.75, 3.05) is 0 Å². The number of rotatable bonds is 5. The van der Waals surface area contributed by atoms with Gasteiger partial charge in [-0.3, -0.25) is 4.79 Å². The molecule has 0 N–H and O–H groups in total. The topological polar surface area (TPSA) is 42.9 Å². The third kappa shape index (κ3) is 3.25. The van der Waals surface area contributed by atoms with Crippen molar-refractivity contribution in [3.8, 4) is 0 Å². The summed E-state index contributed by atoms with van der Waals surface area (Å²) >= 11 is 3.17. The quantitative estimate of drug-likeness (QED) is 0.588. The van der Waals surface area contributed by atoms with Gasteiger partial charge in [0.1, 0.15) is 5.01 Å². The molecule has 0 saturated heterocycles. The molecule has 22 heavy (non-hydrogen) atoms. The highest BCUT2D eigenvalue weighted by molar-refractivity contribution is 8.02. The van der Waals surface area contributed by atoms with E-state index >= 15 is 0 Å². The van der Waals surface area contributed by atoms with Gasteiger partial charge in [0.25, 0.3) is 0 Å². The van der Waals surface area contributed by atoms with Crippen LogP contribution < -0.4 is 0 Å². The molecular formula is C17H20N2OS2. The molecule has 3 nitrogen and oxygen atoms in total. The summed E-state index contributed by atoms with van der Waals surface area (Å²) in [5.41, 5.74) is 4.28. The molecule has 1 aromatic heterocycles. The van der Waals surface area contributed by atoms with Gasteiger partial charge in [0, 0.05) is 11.5 Å². The fourth-order valence-electron chi connectivity index (χ4n) is 2.41. The van der Waals surface area contributed by atoms with E-state index in [9.17, 15) is 4.79 Å². The third-order valence-electron chi connectivity index (χ3n) is 4.10. The molecule has 5 heteroatoms. The molecule has 1 fully saturated rings. The molecule has 1 aliphatic rings. The second-order valence-electron chi connectivity index (χ2n) is 6.06. The number of thioether (sulfide) groups is 1. The van der Waals surface area contributed by atoms with E-state index in [0.717, 1.165) is 26.0 Å². The second-order valence-corrected chi connectivity index (χ2v) is 8.65. The van der Waals surface area contributed by atoms with Crippen molar-refractivity contribution in [3.63, 3.8) is 0 Å². The van der Waals surface area contributed by atoms with Crippen LogP contribution in [-0.2, 0) is 0 Å². The summed E-state index contributed by atoms with van der Waals surface area (Å²) in [6.45, 7) is 8.10. The van der Waals surface area contributed by atoms with E-state index in [1.54, 1.807) is 11.3 Å². The summed E-state index contributed by atoms with van der Waals surface area (Å²) < 4.78 is 0.907. The van der Waals surface area contributed by atoms with E-state index < -0.39 is 0 Å². The van der Waals surface area contributed by atoms with Gasteiger partial charge in [-0.15, -0.1) is 10.2 Å². The van der Waals surface area contributed by atoms with Crippen LogP contribution in [0.3, 0.4) is 0 Å². The van der Waals surface area contributed by atoms with E-state index in [1.807, 2.05) is 19.9 Å². The van der Waals surface area contributed by atoms with E-state index in [2.05, 4.69) is 30.1 Å². The number of ketones is 1. The lowest BCUT2D eigenvalue weighted by atomic mass is 9.97. The summed E-state index contributed by atoms with van der Waals surface area (Å²) in [7, 11) is 0. The minimum atomic E-state index is -0.138. The molecule has 0 aliphatic heterocycles. The van der Waals surface area contributed by atoms with E-state index in [4.69, 9.17) is 0 Å². The highest BCUT2D eigenvalue weighted by Crippen LogP contribution is 2.43. The van der Waals surface area contributed by atoms with Crippen LogP contribution in [0.15, 0.2) is 16.5 Å². The van der Waals surface area contributed by atoms with Crippen molar-refractivity contribution in [2.45, 2.75) is 56.0 Å². The van der Waals surface area contributed by atoms with Crippen LogP contribution in [0.1, 0.15) is 57.7 Å². The Bertz CT molecular complexity index is 719. The molecule has 0 radical (unpaired) electrons. The highest BCUT2D eigenvalue weighted by atomic mass is 32.2. The zero-order valence-electron chi connectivity index (χ0n) is 13.3. The average Bonchev–Trinajstić information content (AvgIpc) is 3.22. The molecule has 0 bridgehead atoms. The fourth-order valence-corrected chi connectivity index (χ4v) is 4.66. The molecule has 1 saturated carbocycles. The summed E-state index contributed by atoms with van der Waals surface area (Å²) in [5.74, 6) is 0.800. The largest absolute Gasteiger partial charge is 0.293 e. The monoisotopic (exact) mass is 332 g/mol. The van der Waals surface area contributed by atoms with Gasteiger partial charge in [0.2, 0.25) is 0 Å². The van der Waals surface area contributed by atoms with Crippen molar-refractivity contribution in [1.29, 1.82) is 0 Å². The first-order valence-corrected chi connectivity index (χ1v) is 9.27. The lowest BCUT2D eigenvalue weighted by Crippen LogP contribution is -2.15. The Morgan fingerprint density at radius 2 is 1.86 bits per heavy atom. The number of carbonyl (C=O) groups is 1. The number of hydrogen-bond acceptors (Lipinski definition) is 5. The van der Waals surface area contributed by atoms with Crippen LogP contribution in [0.25, 0.3) is 0 Å².